The predicted molar refractivity (Wildman–Crippen MR) is 20.4 cm³/mol. The summed E-state index contributed by atoms with van der Waals surface area (Å²) in [6.07, 6.45) is 0. The summed E-state index contributed by atoms with van der Waals surface area (Å²) in [7, 11) is 0. The Morgan fingerprint density at radius 2 is 1.60 bits per heavy atom. The van der Waals surface area contributed by atoms with Crippen molar-refractivity contribution in [2.45, 2.75) is 0 Å². The molecule has 1 nitrogen and oxygen atoms in total. The molecule has 0 aliphatic heterocycles. The van der Waals surface area contributed by atoms with Gasteiger partial charge in [-0.3, -0.25) is 0 Å². The van der Waals surface area contributed by atoms with Crippen LogP contribution in [0.25, 0.3) is 0 Å². The molecule has 0 saturated heterocycles. The number of rotatable bonds is 0. The maximum Gasteiger partial charge on any atom is 0.130 e. The zero-order chi connectivity index (χ0) is 2.71. The monoisotopic (exact) mass is 279 g/mol. The van der Waals surface area contributed by atoms with Crippen molar-refractivity contribution in [2.75, 3.05) is 0 Å². The second kappa shape index (κ2) is 17.6. The summed E-state index contributed by atoms with van der Waals surface area (Å²) in [6, 6.07) is 0. The molecule has 0 amide bonds. The molecule has 4 heteroatoms. The summed E-state index contributed by atoms with van der Waals surface area (Å²) in [5.41, 5.74) is 0. The summed E-state index contributed by atoms with van der Waals surface area (Å²) < 4.78 is 0. The summed E-state index contributed by atoms with van der Waals surface area (Å²) >= 11 is 3.09. The van der Waals surface area contributed by atoms with E-state index in [0.717, 1.165) is 0 Å². The van der Waals surface area contributed by atoms with Crippen LogP contribution in [0.15, 0.2) is 0 Å². The van der Waals surface area contributed by atoms with Gasteiger partial charge in [-0.15, -0.1) is 0 Å². The maximum atomic E-state index is 7.18. The molecule has 0 unspecified atom stereocenters. The number of nitrogens with zero attached hydrogens (tertiary/aromatic N) is 1. The average Bonchev–Trinajstić information content (AvgIpc) is 0.918. The van der Waals surface area contributed by atoms with Crippen molar-refractivity contribution in [3.8, 4) is 5.40 Å². The molecule has 0 spiro atoms. The van der Waals surface area contributed by atoms with Crippen LogP contribution in [0, 0.1) is 10.7 Å². The molecule has 2 radical (unpaired) electrons. The molecule has 0 fully saturated rings. The molecule has 0 atom stereocenters. The van der Waals surface area contributed by atoms with Gasteiger partial charge in [0.15, 0.2) is 0 Å². The number of hydrogen-bond donors (Lipinski definition) is 1. The molecule has 0 bridgehead atoms. The van der Waals surface area contributed by atoms with Crippen LogP contribution in [0.2, 0.25) is 0 Å². The van der Waals surface area contributed by atoms with Gasteiger partial charge in [0.25, 0.3) is 0 Å². The molecule has 0 aromatic rings. The van der Waals surface area contributed by atoms with Gasteiger partial charge < -0.3 is 0 Å². The molecule has 0 aromatic heterocycles. The zero-order valence-electron chi connectivity index (χ0n) is 2.70. The molecule has 0 heterocycles. The summed E-state index contributed by atoms with van der Waals surface area (Å²) in [5.74, 6) is 0. The van der Waals surface area contributed by atoms with E-state index in [-0.39, 0.29) is 51.9 Å². The van der Waals surface area contributed by atoms with E-state index in [2.05, 4.69) is 12.6 Å². The van der Waals surface area contributed by atoms with Gasteiger partial charge in [-0.25, -0.2) is 0 Å². The third-order valence-electron chi connectivity index (χ3n) is 0. The molecule has 5 heavy (non-hydrogen) atoms. The van der Waals surface area contributed by atoms with Crippen LogP contribution < -0.4 is 0 Å². The van der Waals surface area contributed by atoms with Gasteiger partial charge in [0.2, 0.25) is 0 Å². The first kappa shape index (κ1) is 16.0. The minimum atomic E-state index is 0. The van der Waals surface area contributed by atoms with Crippen LogP contribution in [0.5, 0.6) is 0 Å². The van der Waals surface area contributed by atoms with E-state index in [9.17, 15) is 0 Å². The van der Waals surface area contributed by atoms with Crippen LogP contribution in [-0.2, 0) is 22.4 Å². The largest absolute Gasteiger partial charge is 0.185 e. The Labute approximate surface area is 74.3 Å². The second-order valence-corrected chi connectivity index (χ2v) is 0.300. The Balaban J connectivity index is -0.0000000200. The Morgan fingerprint density at radius 1 is 1.60 bits per heavy atom. The molecule has 0 saturated carbocycles. The topological polar surface area (TPSA) is 23.8 Å². The molecule has 0 N–H and O–H groups in total. The molecule has 0 aliphatic carbocycles. The first-order chi connectivity index (χ1) is 1.41. The fourth-order valence-electron chi connectivity index (χ4n) is 0. The maximum absolute atomic E-state index is 7.18. The molecular formula is CHAuNNaS. The minimum Gasteiger partial charge on any atom is -0.185 e. The van der Waals surface area contributed by atoms with Gasteiger partial charge in [-0.2, -0.15) is 5.26 Å². The van der Waals surface area contributed by atoms with Crippen LogP contribution >= 0.6 is 12.6 Å². The smallest absolute Gasteiger partial charge is 0.130 e. The van der Waals surface area contributed by atoms with E-state index >= 15 is 0 Å². The first-order valence-electron chi connectivity index (χ1n) is 0.447. The van der Waals surface area contributed by atoms with E-state index in [0.29, 0.717) is 0 Å². The summed E-state index contributed by atoms with van der Waals surface area (Å²) in [6.45, 7) is 0. The summed E-state index contributed by atoms with van der Waals surface area (Å²) in [4.78, 5) is 0. The van der Waals surface area contributed by atoms with Crippen molar-refractivity contribution in [1.29, 1.82) is 5.26 Å². The number of thiocyanates is 1. The zero-order valence-corrected chi connectivity index (χ0v) is 7.76. The van der Waals surface area contributed by atoms with Crippen molar-refractivity contribution in [3.05, 3.63) is 0 Å². The van der Waals surface area contributed by atoms with Gasteiger partial charge >= 0.3 is 0 Å². The van der Waals surface area contributed by atoms with Crippen molar-refractivity contribution in [3.63, 3.8) is 0 Å². The van der Waals surface area contributed by atoms with Crippen LogP contribution in [0.4, 0.5) is 0 Å². The number of thiol groups is 1. The fourth-order valence-corrected chi connectivity index (χ4v) is 0. The third kappa shape index (κ3) is 28.6. The first-order valence-corrected chi connectivity index (χ1v) is 0.894. The van der Waals surface area contributed by atoms with Gasteiger partial charge in [0, 0.05) is 51.9 Å². The van der Waals surface area contributed by atoms with Crippen LogP contribution in [-0.4, -0.2) is 29.6 Å². The van der Waals surface area contributed by atoms with Gasteiger partial charge in [-0.05, 0) is 0 Å². The average molecular weight is 279 g/mol. The van der Waals surface area contributed by atoms with E-state index in [1.807, 2.05) is 0 Å². The van der Waals surface area contributed by atoms with Crippen molar-refractivity contribution in [1.82, 2.24) is 0 Å². The van der Waals surface area contributed by atoms with Crippen LogP contribution in [0.3, 0.4) is 0 Å². The van der Waals surface area contributed by atoms with Gasteiger partial charge in [-0.1, -0.05) is 12.6 Å². The Morgan fingerprint density at radius 3 is 1.60 bits per heavy atom. The third-order valence-corrected chi connectivity index (χ3v) is 0. The Hall–Kier alpha value is 1.58. The van der Waals surface area contributed by atoms with E-state index in [1.54, 1.807) is 0 Å². The molecule has 0 aromatic carbocycles. The molecular weight excluding hydrogens is 278 g/mol. The van der Waals surface area contributed by atoms with E-state index in [1.165, 1.54) is 5.40 Å². The van der Waals surface area contributed by atoms with Gasteiger partial charge in [0.05, 0.1) is 0 Å². The number of hydrogen-bond acceptors (Lipinski definition) is 2. The fraction of sp³-hybridized carbons (Fsp3) is 0. The van der Waals surface area contributed by atoms with Crippen molar-refractivity contribution in [2.24, 2.45) is 0 Å². The predicted octanol–water partition coefficient (Wildman–Crippen LogP) is 0.0140. The standard InChI is InChI=1S/CHNS.Au.Na/c2-1-3;;/h3H;;. The molecule has 28 valence electrons. The Kier molecular flexibility index (Phi) is 56.2. The number of nitriles is 1. The van der Waals surface area contributed by atoms with Gasteiger partial charge in [0.1, 0.15) is 5.40 Å². The van der Waals surface area contributed by atoms with Crippen LogP contribution in [0.1, 0.15) is 0 Å². The second-order valence-electron chi connectivity index (χ2n) is 0.100. The summed E-state index contributed by atoms with van der Waals surface area (Å²) in [5, 5.41) is 8.63. The van der Waals surface area contributed by atoms with Crippen molar-refractivity contribution >= 4 is 42.2 Å². The van der Waals surface area contributed by atoms with Crippen molar-refractivity contribution < 1.29 is 22.4 Å². The minimum absolute atomic E-state index is 0. The SMILES string of the molecule is N#CS.[Au].[Na]. The quantitative estimate of drug-likeness (QED) is 0.377. The van der Waals surface area contributed by atoms with E-state index < -0.39 is 0 Å². The Bertz CT molecular complexity index is 33.1. The van der Waals surface area contributed by atoms with E-state index in [4.69, 9.17) is 5.26 Å². The normalized spacial score (nSPS) is 1.60. The molecule has 0 rings (SSSR count). The molecule has 0 aliphatic rings.